The summed E-state index contributed by atoms with van der Waals surface area (Å²) in [7, 11) is 1.69. The second-order valence-electron chi connectivity index (χ2n) is 5.29. The van der Waals surface area contributed by atoms with Gasteiger partial charge in [0.1, 0.15) is 0 Å². The number of hydrogen-bond donors (Lipinski definition) is 1. The van der Waals surface area contributed by atoms with Crippen LogP contribution in [0, 0.1) is 0 Å². The van der Waals surface area contributed by atoms with Gasteiger partial charge in [-0.15, -0.1) is 0 Å². The van der Waals surface area contributed by atoms with Crippen LogP contribution in [0.25, 0.3) is 0 Å². The maximum atomic E-state index is 12.2. The van der Waals surface area contributed by atoms with E-state index in [0.717, 1.165) is 25.2 Å². The number of amides is 2. The number of hydrogen-bond acceptors (Lipinski definition) is 2. The highest BCUT2D eigenvalue weighted by Gasteiger charge is 2.32. The minimum Gasteiger partial charge on any atom is -0.341 e. The zero-order valence-corrected chi connectivity index (χ0v) is 12.0. The molecular formula is C15H23N3O. The van der Waals surface area contributed by atoms with E-state index in [1.54, 1.807) is 7.05 Å². The third-order valence-corrected chi connectivity index (χ3v) is 3.76. The van der Waals surface area contributed by atoms with E-state index in [-0.39, 0.29) is 12.1 Å². The largest absolute Gasteiger partial charge is 0.341 e. The van der Waals surface area contributed by atoms with Crippen molar-refractivity contribution in [2.45, 2.75) is 32.4 Å². The van der Waals surface area contributed by atoms with E-state index in [9.17, 15) is 4.79 Å². The van der Waals surface area contributed by atoms with E-state index in [1.807, 2.05) is 35.2 Å². The maximum absolute atomic E-state index is 12.2. The number of para-hydroxylation sites is 1. The van der Waals surface area contributed by atoms with Gasteiger partial charge >= 0.3 is 6.03 Å². The molecule has 1 N–H and O–H groups in total. The maximum Gasteiger partial charge on any atom is 0.321 e. The van der Waals surface area contributed by atoms with Gasteiger partial charge in [-0.1, -0.05) is 18.2 Å². The molecule has 4 nitrogen and oxygen atoms in total. The molecule has 0 saturated carbocycles. The van der Waals surface area contributed by atoms with Crippen LogP contribution >= 0.6 is 0 Å². The second-order valence-corrected chi connectivity index (χ2v) is 5.29. The lowest BCUT2D eigenvalue weighted by atomic mass is 10.2. The van der Waals surface area contributed by atoms with Crippen molar-refractivity contribution >= 4 is 11.7 Å². The van der Waals surface area contributed by atoms with E-state index < -0.39 is 0 Å². The summed E-state index contributed by atoms with van der Waals surface area (Å²) in [5.74, 6) is 0. The first-order valence-electron chi connectivity index (χ1n) is 6.93. The molecule has 2 amide bonds. The molecular weight excluding hydrogens is 238 g/mol. The molecule has 0 aromatic heterocycles. The topological polar surface area (TPSA) is 35.6 Å². The van der Waals surface area contributed by atoms with Gasteiger partial charge in [0.05, 0.1) is 6.04 Å². The highest BCUT2D eigenvalue weighted by atomic mass is 16.2. The van der Waals surface area contributed by atoms with Crippen molar-refractivity contribution < 1.29 is 4.79 Å². The van der Waals surface area contributed by atoms with Crippen LogP contribution in [-0.2, 0) is 0 Å². The molecule has 1 aromatic rings. The Morgan fingerprint density at radius 1 is 1.37 bits per heavy atom. The summed E-state index contributed by atoms with van der Waals surface area (Å²) in [5, 5.41) is 2.75. The van der Waals surface area contributed by atoms with E-state index in [0.29, 0.717) is 6.04 Å². The van der Waals surface area contributed by atoms with Crippen molar-refractivity contribution in [3.8, 4) is 0 Å². The Labute approximate surface area is 115 Å². The van der Waals surface area contributed by atoms with E-state index in [2.05, 4.69) is 24.1 Å². The molecule has 0 aliphatic carbocycles. The second kappa shape index (κ2) is 6.06. The smallest absolute Gasteiger partial charge is 0.321 e. The molecule has 1 heterocycles. The Kier molecular flexibility index (Phi) is 4.43. The molecule has 1 aliphatic rings. The fraction of sp³-hybridized carbons (Fsp3) is 0.533. The van der Waals surface area contributed by atoms with Gasteiger partial charge in [0.2, 0.25) is 0 Å². The molecule has 0 radical (unpaired) electrons. The van der Waals surface area contributed by atoms with Gasteiger partial charge in [-0.2, -0.15) is 0 Å². The third-order valence-electron chi connectivity index (χ3n) is 3.76. The Morgan fingerprint density at radius 3 is 2.58 bits per heavy atom. The van der Waals surface area contributed by atoms with Crippen LogP contribution in [0.15, 0.2) is 30.3 Å². The summed E-state index contributed by atoms with van der Waals surface area (Å²) in [6.45, 7) is 6.41. The quantitative estimate of drug-likeness (QED) is 0.906. The number of nitrogens with one attached hydrogen (secondary N) is 1. The molecule has 19 heavy (non-hydrogen) atoms. The lowest BCUT2D eigenvalue weighted by Crippen LogP contribution is -2.47. The molecule has 0 spiro atoms. The molecule has 104 valence electrons. The van der Waals surface area contributed by atoms with Crippen LogP contribution in [0.4, 0.5) is 10.5 Å². The lowest BCUT2D eigenvalue weighted by molar-refractivity contribution is 0.243. The van der Waals surface area contributed by atoms with E-state index >= 15 is 0 Å². The number of benzene rings is 1. The summed E-state index contributed by atoms with van der Waals surface area (Å²) in [5.41, 5.74) is 0.970. The summed E-state index contributed by atoms with van der Waals surface area (Å²) in [6.07, 6.45) is 1.03. The average molecular weight is 261 g/mol. The van der Waals surface area contributed by atoms with Crippen LogP contribution in [0.2, 0.25) is 0 Å². The van der Waals surface area contributed by atoms with Crippen LogP contribution in [0.5, 0.6) is 0 Å². The number of carbonyl (C=O) groups is 1. The number of carbonyl (C=O) groups excluding carboxylic acids is 1. The summed E-state index contributed by atoms with van der Waals surface area (Å²) >= 11 is 0. The molecule has 4 heteroatoms. The van der Waals surface area contributed by atoms with E-state index in [4.69, 9.17) is 0 Å². The molecule has 1 saturated heterocycles. The number of nitrogens with zero attached hydrogens (tertiary/aromatic N) is 2. The van der Waals surface area contributed by atoms with Crippen LogP contribution < -0.4 is 10.2 Å². The monoisotopic (exact) mass is 261 g/mol. The summed E-state index contributed by atoms with van der Waals surface area (Å²) in [6, 6.07) is 10.7. The highest BCUT2D eigenvalue weighted by molar-refractivity contribution is 5.92. The van der Waals surface area contributed by atoms with Gasteiger partial charge in [-0.3, -0.25) is 9.80 Å². The average Bonchev–Trinajstić information content (AvgIpc) is 2.89. The standard InChI is InChI=1S/C15H23N3O/c1-12(2)17-10-9-14(11-17)18(15(19)16-3)13-7-5-4-6-8-13/h4-8,12,14H,9-11H2,1-3H3,(H,16,19)/t14-/m1/s1. The zero-order chi connectivity index (χ0) is 13.8. The van der Waals surface area contributed by atoms with Gasteiger partial charge < -0.3 is 5.32 Å². The van der Waals surface area contributed by atoms with Crippen LogP contribution in [0.1, 0.15) is 20.3 Å². The van der Waals surface area contributed by atoms with E-state index in [1.165, 1.54) is 0 Å². The minimum atomic E-state index is -0.0261. The first-order valence-corrected chi connectivity index (χ1v) is 6.93. The summed E-state index contributed by atoms with van der Waals surface area (Å²) in [4.78, 5) is 16.5. The first-order chi connectivity index (χ1) is 9.13. The molecule has 0 unspecified atom stereocenters. The number of rotatable bonds is 3. The molecule has 2 rings (SSSR count). The molecule has 1 fully saturated rings. The zero-order valence-electron chi connectivity index (χ0n) is 12.0. The fourth-order valence-electron chi connectivity index (χ4n) is 2.65. The van der Waals surface area contributed by atoms with Crippen molar-refractivity contribution in [1.29, 1.82) is 0 Å². The molecule has 1 aromatic carbocycles. The number of urea groups is 1. The van der Waals surface area contributed by atoms with Crippen molar-refractivity contribution in [1.82, 2.24) is 10.2 Å². The predicted octanol–water partition coefficient (Wildman–Crippen LogP) is 2.32. The highest BCUT2D eigenvalue weighted by Crippen LogP contribution is 2.24. The Balaban J connectivity index is 2.18. The Hall–Kier alpha value is -1.55. The van der Waals surface area contributed by atoms with Crippen molar-refractivity contribution in [3.05, 3.63) is 30.3 Å². The van der Waals surface area contributed by atoms with Crippen LogP contribution in [0.3, 0.4) is 0 Å². The third kappa shape index (κ3) is 3.07. The molecule has 0 bridgehead atoms. The van der Waals surface area contributed by atoms with Crippen LogP contribution in [-0.4, -0.2) is 43.2 Å². The first kappa shape index (κ1) is 13.9. The van der Waals surface area contributed by atoms with Crippen molar-refractivity contribution in [2.24, 2.45) is 0 Å². The molecule has 1 aliphatic heterocycles. The van der Waals surface area contributed by atoms with Gasteiger partial charge in [0.15, 0.2) is 0 Å². The number of anilines is 1. The van der Waals surface area contributed by atoms with Gasteiger partial charge in [-0.25, -0.2) is 4.79 Å². The van der Waals surface area contributed by atoms with Crippen molar-refractivity contribution in [2.75, 3.05) is 25.0 Å². The minimum absolute atomic E-state index is 0.0261. The van der Waals surface area contributed by atoms with Gasteiger partial charge in [0, 0.05) is 31.9 Å². The summed E-state index contributed by atoms with van der Waals surface area (Å²) < 4.78 is 0. The molecule has 1 atom stereocenters. The van der Waals surface area contributed by atoms with Gasteiger partial charge in [0.25, 0.3) is 0 Å². The van der Waals surface area contributed by atoms with Gasteiger partial charge in [-0.05, 0) is 32.4 Å². The Morgan fingerprint density at radius 2 is 2.05 bits per heavy atom. The fourth-order valence-corrected chi connectivity index (χ4v) is 2.65. The Bertz CT molecular complexity index is 419. The van der Waals surface area contributed by atoms with Crippen molar-refractivity contribution in [3.63, 3.8) is 0 Å². The normalized spacial score (nSPS) is 19.7. The lowest BCUT2D eigenvalue weighted by Gasteiger charge is -2.29. The number of likely N-dealkylation sites (tertiary alicyclic amines) is 1. The SMILES string of the molecule is CNC(=O)N(c1ccccc1)[C@@H]1CCN(C(C)C)C1. The predicted molar refractivity (Wildman–Crippen MR) is 78.5 cm³/mol.